The van der Waals surface area contributed by atoms with Crippen molar-refractivity contribution in [2.24, 2.45) is 5.73 Å². The van der Waals surface area contributed by atoms with E-state index in [2.05, 4.69) is 0 Å². The number of ether oxygens (including phenoxy) is 1. The molecule has 0 aliphatic carbocycles. The van der Waals surface area contributed by atoms with Crippen LogP contribution in [0, 0.1) is 0 Å². The molecule has 0 spiro atoms. The monoisotopic (exact) mass is 231 g/mol. The van der Waals surface area contributed by atoms with E-state index in [1.54, 1.807) is 7.11 Å². The average molecular weight is 232 g/mol. The summed E-state index contributed by atoms with van der Waals surface area (Å²) < 4.78 is 17.2. The molecule has 0 fully saturated rings. The zero-order chi connectivity index (χ0) is 10.4. The van der Waals surface area contributed by atoms with Crippen LogP contribution in [0.5, 0.6) is 5.75 Å². The van der Waals surface area contributed by atoms with Crippen molar-refractivity contribution >= 4 is 12.4 Å². The van der Waals surface area contributed by atoms with Gasteiger partial charge in [-0.05, 0) is 29.7 Å². The van der Waals surface area contributed by atoms with Crippen LogP contribution in [-0.4, -0.2) is 13.7 Å². The molecule has 1 aromatic carbocycles. The molecule has 0 atom stereocenters. The maximum Gasteiger partial charge on any atom is 0.118 e. The first-order valence-corrected chi connectivity index (χ1v) is 4.41. The number of rotatable bonds is 4. The number of benzene rings is 1. The second-order valence-corrected chi connectivity index (χ2v) is 3.00. The third kappa shape index (κ3) is 4.32. The van der Waals surface area contributed by atoms with Crippen molar-refractivity contribution in [2.75, 3.05) is 13.7 Å². The van der Waals surface area contributed by atoms with Crippen molar-refractivity contribution in [3.05, 3.63) is 41.7 Å². The van der Waals surface area contributed by atoms with E-state index in [-0.39, 0.29) is 19.0 Å². The van der Waals surface area contributed by atoms with Gasteiger partial charge in [0.2, 0.25) is 0 Å². The van der Waals surface area contributed by atoms with Crippen LogP contribution in [0.25, 0.3) is 0 Å². The van der Waals surface area contributed by atoms with Gasteiger partial charge < -0.3 is 10.5 Å². The van der Waals surface area contributed by atoms with Crippen LogP contribution < -0.4 is 10.5 Å². The van der Waals surface area contributed by atoms with Crippen molar-refractivity contribution in [2.45, 2.75) is 6.42 Å². The van der Waals surface area contributed by atoms with Crippen LogP contribution in [0.1, 0.15) is 5.56 Å². The predicted molar refractivity (Wildman–Crippen MR) is 62.2 cm³/mol. The first-order valence-electron chi connectivity index (χ1n) is 4.41. The lowest BCUT2D eigenvalue weighted by atomic mass is 10.1. The van der Waals surface area contributed by atoms with Crippen LogP contribution in [0.3, 0.4) is 0 Å². The van der Waals surface area contributed by atoms with Crippen LogP contribution >= 0.6 is 12.4 Å². The highest BCUT2D eigenvalue weighted by Crippen LogP contribution is 2.14. The Hall–Kier alpha value is -1.06. The maximum atomic E-state index is 12.2. The number of methoxy groups -OCH3 is 1. The van der Waals surface area contributed by atoms with Gasteiger partial charge in [-0.2, -0.15) is 0 Å². The van der Waals surface area contributed by atoms with Gasteiger partial charge in [0.05, 0.1) is 13.4 Å². The van der Waals surface area contributed by atoms with Gasteiger partial charge >= 0.3 is 0 Å². The summed E-state index contributed by atoms with van der Waals surface area (Å²) in [5.41, 5.74) is 6.97. The summed E-state index contributed by atoms with van der Waals surface area (Å²) in [6, 6.07) is 7.50. The molecule has 0 unspecified atom stereocenters. The molecule has 0 radical (unpaired) electrons. The predicted octanol–water partition coefficient (Wildman–Crippen LogP) is 2.47. The zero-order valence-electron chi connectivity index (χ0n) is 8.57. The summed E-state index contributed by atoms with van der Waals surface area (Å²) in [7, 11) is 1.61. The second kappa shape index (κ2) is 7.26. The summed E-state index contributed by atoms with van der Waals surface area (Å²) in [6.45, 7) is 0.253. The Morgan fingerprint density at radius 1 is 1.40 bits per heavy atom. The highest BCUT2D eigenvalue weighted by Gasteiger charge is 1.98. The Kier molecular flexibility index (Phi) is 6.75. The largest absolute Gasteiger partial charge is 0.497 e. The maximum absolute atomic E-state index is 12.2. The van der Waals surface area contributed by atoms with Gasteiger partial charge in [0, 0.05) is 6.54 Å². The molecule has 84 valence electrons. The van der Waals surface area contributed by atoms with E-state index in [4.69, 9.17) is 10.5 Å². The fourth-order valence-electron chi connectivity index (χ4n) is 1.16. The Balaban J connectivity index is 0.00000196. The molecule has 2 nitrogen and oxygen atoms in total. The Morgan fingerprint density at radius 3 is 2.40 bits per heavy atom. The first kappa shape index (κ1) is 13.9. The Labute approximate surface area is 95.3 Å². The van der Waals surface area contributed by atoms with Crippen molar-refractivity contribution in [1.29, 1.82) is 0 Å². The summed E-state index contributed by atoms with van der Waals surface area (Å²) in [5.74, 6) is 0.798. The van der Waals surface area contributed by atoms with Crippen LogP contribution in [0.15, 0.2) is 36.2 Å². The molecule has 1 rings (SSSR count). The minimum Gasteiger partial charge on any atom is -0.497 e. The molecule has 15 heavy (non-hydrogen) atoms. The van der Waals surface area contributed by atoms with E-state index >= 15 is 0 Å². The summed E-state index contributed by atoms with van der Waals surface area (Å²) in [6.07, 6.45) is 1.13. The van der Waals surface area contributed by atoms with E-state index in [0.29, 0.717) is 18.3 Å². The number of hydrogen-bond acceptors (Lipinski definition) is 2. The first-order chi connectivity index (χ1) is 6.80. The second-order valence-electron chi connectivity index (χ2n) is 3.00. The fourth-order valence-corrected chi connectivity index (χ4v) is 1.16. The van der Waals surface area contributed by atoms with E-state index < -0.39 is 0 Å². The van der Waals surface area contributed by atoms with Crippen molar-refractivity contribution in [3.63, 3.8) is 0 Å². The molecule has 0 aliphatic heterocycles. The van der Waals surface area contributed by atoms with E-state index in [9.17, 15) is 4.39 Å². The third-order valence-corrected chi connectivity index (χ3v) is 2.01. The average Bonchev–Trinajstić information content (AvgIpc) is 2.26. The van der Waals surface area contributed by atoms with Crippen molar-refractivity contribution < 1.29 is 9.13 Å². The topological polar surface area (TPSA) is 35.2 Å². The highest BCUT2D eigenvalue weighted by atomic mass is 35.5. The zero-order valence-corrected chi connectivity index (χ0v) is 9.39. The smallest absolute Gasteiger partial charge is 0.118 e. The summed E-state index contributed by atoms with van der Waals surface area (Å²) in [5, 5.41) is 0. The Morgan fingerprint density at radius 2 is 2.00 bits per heavy atom. The molecule has 0 heterocycles. The summed E-state index contributed by atoms with van der Waals surface area (Å²) in [4.78, 5) is 0. The Bertz CT molecular complexity index is 311. The van der Waals surface area contributed by atoms with Gasteiger partial charge in [-0.3, -0.25) is 0 Å². The molecule has 0 aromatic heterocycles. The van der Waals surface area contributed by atoms with Gasteiger partial charge in [0.15, 0.2) is 0 Å². The molecule has 0 saturated carbocycles. The molecular weight excluding hydrogens is 217 g/mol. The van der Waals surface area contributed by atoms with Crippen LogP contribution in [-0.2, 0) is 6.42 Å². The highest BCUT2D eigenvalue weighted by molar-refractivity contribution is 5.85. The van der Waals surface area contributed by atoms with E-state index in [1.165, 1.54) is 0 Å². The SMILES string of the molecule is COc1ccc(C/C(=C/F)CN)cc1.Cl. The molecule has 4 heteroatoms. The lowest BCUT2D eigenvalue weighted by molar-refractivity contribution is 0.414. The van der Waals surface area contributed by atoms with Crippen molar-refractivity contribution in [1.82, 2.24) is 0 Å². The number of hydrogen-bond donors (Lipinski definition) is 1. The molecular formula is C11H15ClFNO. The molecule has 0 bridgehead atoms. The lowest BCUT2D eigenvalue weighted by Gasteiger charge is -2.04. The number of halogens is 2. The minimum atomic E-state index is 0. The van der Waals surface area contributed by atoms with Gasteiger partial charge in [0.1, 0.15) is 5.75 Å². The van der Waals surface area contributed by atoms with E-state index in [0.717, 1.165) is 11.3 Å². The van der Waals surface area contributed by atoms with Gasteiger partial charge in [-0.15, -0.1) is 12.4 Å². The minimum absolute atomic E-state index is 0. The molecule has 2 N–H and O–H groups in total. The quantitative estimate of drug-likeness (QED) is 0.864. The van der Waals surface area contributed by atoms with Gasteiger partial charge in [0.25, 0.3) is 0 Å². The standard InChI is InChI=1S/C11H14FNO.ClH/c1-14-11-4-2-9(3-5-11)6-10(7-12)8-13;/h2-5,7H,6,8,13H2,1H3;1H/b10-7-;. The third-order valence-electron chi connectivity index (χ3n) is 2.01. The molecule has 0 saturated heterocycles. The molecule has 0 amide bonds. The van der Waals surface area contributed by atoms with Gasteiger partial charge in [-0.25, -0.2) is 4.39 Å². The van der Waals surface area contributed by atoms with E-state index in [1.807, 2.05) is 24.3 Å². The van der Waals surface area contributed by atoms with Crippen molar-refractivity contribution in [3.8, 4) is 5.75 Å². The lowest BCUT2D eigenvalue weighted by Crippen LogP contribution is -2.05. The van der Waals surface area contributed by atoms with Crippen LogP contribution in [0.4, 0.5) is 4.39 Å². The number of nitrogens with two attached hydrogens (primary N) is 1. The molecule has 0 aliphatic rings. The molecule has 1 aromatic rings. The van der Waals surface area contributed by atoms with Crippen LogP contribution in [0.2, 0.25) is 0 Å². The summed E-state index contributed by atoms with van der Waals surface area (Å²) >= 11 is 0. The normalized spacial score (nSPS) is 10.7. The fraction of sp³-hybridized carbons (Fsp3) is 0.273. The van der Waals surface area contributed by atoms with Gasteiger partial charge in [-0.1, -0.05) is 12.1 Å².